The Morgan fingerprint density at radius 1 is 1.15 bits per heavy atom. The summed E-state index contributed by atoms with van der Waals surface area (Å²) >= 11 is 0. The summed E-state index contributed by atoms with van der Waals surface area (Å²) < 4.78 is 5.36. The van der Waals surface area contributed by atoms with Crippen molar-refractivity contribution in [1.82, 2.24) is 25.3 Å². The molecular formula is C20H25N5O2. The van der Waals surface area contributed by atoms with Gasteiger partial charge in [-0.1, -0.05) is 17.3 Å². The molecule has 0 radical (unpaired) electrons. The molecule has 7 heteroatoms. The van der Waals surface area contributed by atoms with Gasteiger partial charge >= 0.3 is 0 Å². The molecule has 0 bridgehead atoms. The number of carbonyl (C=O) groups excluding carboxylic acids is 1. The van der Waals surface area contributed by atoms with Gasteiger partial charge in [-0.15, -0.1) is 0 Å². The standard InChI is InChI=1S/C20H25N5O2/c26-20(25-9-6-17(13-25)24-10-7-21-8-11-24)16-3-1-2-15(12-16)18-22-19(27-23-18)14-4-5-14/h1-3,12,14,17,21H,4-11,13H2. The fourth-order valence-electron chi connectivity index (χ4n) is 4.09. The van der Waals surface area contributed by atoms with Crippen molar-refractivity contribution >= 4 is 5.91 Å². The third kappa shape index (κ3) is 3.49. The summed E-state index contributed by atoms with van der Waals surface area (Å²) in [6, 6.07) is 8.09. The molecular weight excluding hydrogens is 342 g/mol. The van der Waals surface area contributed by atoms with Crippen molar-refractivity contribution in [1.29, 1.82) is 0 Å². The summed E-state index contributed by atoms with van der Waals surface area (Å²) in [5, 5.41) is 7.49. The van der Waals surface area contributed by atoms with Gasteiger partial charge in [-0.05, 0) is 31.4 Å². The smallest absolute Gasteiger partial charge is 0.253 e. The number of amides is 1. The lowest BCUT2D eigenvalue weighted by Crippen LogP contribution is -2.49. The van der Waals surface area contributed by atoms with Crippen LogP contribution in [0, 0.1) is 0 Å². The van der Waals surface area contributed by atoms with Crippen LogP contribution in [0.15, 0.2) is 28.8 Å². The molecule has 3 aliphatic rings. The monoisotopic (exact) mass is 367 g/mol. The van der Waals surface area contributed by atoms with Crippen LogP contribution in [0.5, 0.6) is 0 Å². The van der Waals surface area contributed by atoms with E-state index in [9.17, 15) is 4.79 Å². The fourth-order valence-corrected chi connectivity index (χ4v) is 4.09. The molecule has 2 aromatic rings. The lowest BCUT2D eigenvalue weighted by molar-refractivity contribution is 0.0773. The van der Waals surface area contributed by atoms with Crippen LogP contribution in [0.4, 0.5) is 0 Å². The number of piperazine rings is 1. The van der Waals surface area contributed by atoms with Gasteiger partial charge < -0.3 is 14.7 Å². The molecule has 1 aromatic carbocycles. The quantitative estimate of drug-likeness (QED) is 0.887. The maximum atomic E-state index is 13.0. The van der Waals surface area contributed by atoms with Gasteiger partial charge in [-0.3, -0.25) is 9.69 Å². The zero-order valence-electron chi connectivity index (χ0n) is 15.4. The van der Waals surface area contributed by atoms with Gasteiger partial charge in [0.2, 0.25) is 11.7 Å². The van der Waals surface area contributed by atoms with E-state index in [1.807, 2.05) is 29.2 Å². The summed E-state index contributed by atoms with van der Waals surface area (Å²) in [5.41, 5.74) is 1.54. The number of nitrogens with one attached hydrogen (secondary N) is 1. The SMILES string of the molecule is O=C(c1cccc(-c2noc(C3CC3)n2)c1)N1CCC(N2CCNCC2)C1. The molecule has 1 N–H and O–H groups in total. The largest absolute Gasteiger partial charge is 0.339 e. The maximum Gasteiger partial charge on any atom is 0.253 e. The van der Waals surface area contributed by atoms with E-state index in [0.717, 1.165) is 70.0 Å². The Bertz CT molecular complexity index is 825. The number of carbonyl (C=O) groups is 1. The van der Waals surface area contributed by atoms with Crippen LogP contribution in [0.3, 0.4) is 0 Å². The van der Waals surface area contributed by atoms with Gasteiger partial charge in [0.15, 0.2) is 0 Å². The van der Waals surface area contributed by atoms with Gasteiger partial charge in [0.25, 0.3) is 5.91 Å². The Kier molecular flexibility index (Phi) is 4.41. The molecule has 1 aromatic heterocycles. The third-order valence-corrected chi connectivity index (χ3v) is 5.85. The van der Waals surface area contributed by atoms with Crippen molar-refractivity contribution in [3.63, 3.8) is 0 Å². The molecule has 1 saturated carbocycles. The maximum absolute atomic E-state index is 13.0. The van der Waals surface area contributed by atoms with E-state index in [1.54, 1.807) is 0 Å². The minimum atomic E-state index is 0.0976. The van der Waals surface area contributed by atoms with Gasteiger partial charge in [0, 0.05) is 62.4 Å². The van der Waals surface area contributed by atoms with Gasteiger partial charge in [0.1, 0.15) is 0 Å². The van der Waals surface area contributed by atoms with Crippen molar-refractivity contribution < 1.29 is 9.32 Å². The van der Waals surface area contributed by atoms with Gasteiger partial charge in [0.05, 0.1) is 0 Å². The molecule has 142 valence electrons. The average molecular weight is 367 g/mol. The Morgan fingerprint density at radius 2 is 2.00 bits per heavy atom. The normalized spacial score (nSPS) is 23.7. The van der Waals surface area contributed by atoms with Crippen molar-refractivity contribution in [2.45, 2.75) is 31.2 Å². The van der Waals surface area contributed by atoms with E-state index >= 15 is 0 Å². The second-order valence-corrected chi connectivity index (χ2v) is 7.79. The average Bonchev–Trinajstić information content (AvgIpc) is 3.26. The minimum Gasteiger partial charge on any atom is -0.339 e. The zero-order chi connectivity index (χ0) is 18.2. The summed E-state index contributed by atoms with van der Waals surface area (Å²) in [7, 11) is 0. The Balaban J connectivity index is 1.28. The molecule has 1 atom stereocenters. The predicted octanol–water partition coefficient (Wildman–Crippen LogP) is 1.73. The summed E-state index contributed by atoms with van der Waals surface area (Å²) in [4.78, 5) is 22.0. The first kappa shape index (κ1) is 16.9. The van der Waals surface area contributed by atoms with Crippen LogP contribution in [0.25, 0.3) is 11.4 Å². The number of hydrogen-bond donors (Lipinski definition) is 1. The Hall–Kier alpha value is -2.25. The molecule has 7 nitrogen and oxygen atoms in total. The van der Waals surface area contributed by atoms with Crippen LogP contribution in [0.2, 0.25) is 0 Å². The molecule has 2 saturated heterocycles. The van der Waals surface area contributed by atoms with Crippen molar-refractivity contribution in [3.8, 4) is 11.4 Å². The molecule has 27 heavy (non-hydrogen) atoms. The highest BCUT2D eigenvalue weighted by molar-refractivity contribution is 5.95. The molecule has 1 unspecified atom stereocenters. The Labute approximate surface area is 158 Å². The van der Waals surface area contributed by atoms with E-state index in [0.29, 0.717) is 23.3 Å². The van der Waals surface area contributed by atoms with E-state index in [4.69, 9.17) is 4.52 Å². The molecule has 1 amide bonds. The number of aromatic nitrogens is 2. The number of likely N-dealkylation sites (tertiary alicyclic amines) is 1. The van der Waals surface area contributed by atoms with E-state index in [2.05, 4.69) is 20.4 Å². The summed E-state index contributed by atoms with van der Waals surface area (Å²) in [6.45, 7) is 5.87. The second kappa shape index (κ2) is 7.05. The van der Waals surface area contributed by atoms with Gasteiger partial charge in [-0.2, -0.15) is 4.98 Å². The van der Waals surface area contributed by atoms with Crippen LogP contribution in [-0.2, 0) is 0 Å². The number of benzene rings is 1. The highest BCUT2D eigenvalue weighted by Crippen LogP contribution is 2.39. The second-order valence-electron chi connectivity index (χ2n) is 7.79. The molecule has 1 aliphatic carbocycles. The first-order valence-corrected chi connectivity index (χ1v) is 9.96. The third-order valence-electron chi connectivity index (χ3n) is 5.85. The number of nitrogens with zero attached hydrogens (tertiary/aromatic N) is 4. The van der Waals surface area contributed by atoms with Crippen molar-refractivity contribution in [2.24, 2.45) is 0 Å². The molecule has 3 heterocycles. The number of rotatable bonds is 4. The van der Waals surface area contributed by atoms with E-state index in [1.165, 1.54) is 0 Å². The lowest BCUT2D eigenvalue weighted by Gasteiger charge is -2.32. The number of hydrogen-bond acceptors (Lipinski definition) is 6. The fraction of sp³-hybridized carbons (Fsp3) is 0.550. The lowest BCUT2D eigenvalue weighted by atomic mass is 10.1. The van der Waals surface area contributed by atoms with Crippen molar-refractivity contribution in [2.75, 3.05) is 39.3 Å². The topological polar surface area (TPSA) is 74.5 Å². The van der Waals surface area contributed by atoms with Crippen LogP contribution < -0.4 is 5.32 Å². The zero-order valence-corrected chi connectivity index (χ0v) is 15.4. The first-order valence-electron chi connectivity index (χ1n) is 9.96. The van der Waals surface area contributed by atoms with Crippen molar-refractivity contribution in [3.05, 3.63) is 35.7 Å². The molecule has 5 rings (SSSR count). The summed E-state index contributed by atoms with van der Waals surface area (Å²) in [5.74, 6) is 1.83. The molecule has 2 aliphatic heterocycles. The first-order chi connectivity index (χ1) is 13.3. The highest BCUT2D eigenvalue weighted by atomic mass is 16.5. The Morgan fingerprint density at radius 3 is 2.81 bits per heavy atom. The van der Waals surface area contributed by atoms with Crippen LogP contribution in [0.1, 0.15) is 41.4 Å². The summed E-state index contributed by atoms with van der Waals surface area (Å²) in [6.07, 6.45) is 3.31. The minimum absolute atomic E-state index is 0.0976. The van der Waals surface area contributed by atoms with Crippen LogP contribution in [-0.4, -0.2) is 71.2 Å². The van der Waals surface area contributed by atoms with Gasteiger partial charge in [-0.25, -0.2) is 0 Å². The van der Waals surface area contributed by atoms with E-state index < -0.39 is 0 Å². The highest BCUT2D eigenvalue weighted by Gasteiger charge is 2.32. The van der Waals surface area contributed by atoms with E-state index in [-0.39, 0.29) is 5.91 Å². The molecule has 0 spiro atoms. The van der Waals surface area contributed by atoms with Crippen LogP contribution >= 0.6 is 0 Å². The molecule has 3 fully saturated rings. The predicted molar refractivity (Wildman–Crippen MR) is 100 cm³/mol.